The third kappa shape index (κ3) is 5.45. The molecule has 2 heteroatoms. The number of hydrogen-bond acceptors (Lipinski definition) is 2. The second kappa shape index (κ2) is 11.8. The summed E-state index contributed by atoms with van der Waals surface area (Å²) >= 11 is 0. The highest BCUT2D eigenvalue weighted by Crippen LogP contribution is 2.51. The lowest BCUT2D eigenvalue weighted by atomic mass is 9.94. The van der Waals surface area contributed by atoms with Gasteiger partial charge in [-0.25, -0.2) is 0 Å². The summed E-state index contributed by atoms with van der Waals surface area (Å²) in [4.78, 5) is 0. The van der Waals surface area contributed by atoms with Crippen LogP contribution in [0, 0.1) is 13.8 Å². The van der Waals surface area contributed by atoms with Crippen molar-refractivity contribution >= 4 is 21.6 Å². The third-order valence-electron chi connectivity index (χ3n) is 6.52. The number of benzene rings is 4. The van der Waals surface area contributed by atoms with Crippen molar-refractivity contribution in [2.75, 3.05) is 0 Å². The van der Waals surface area contributed by atoms with Crippen molar-refractivity contribution in [3.05, 3.63) is 119 Å². The van der Waals surface area contributed by atoms with Crippen LogP contribution in [0.1, 0.15) is 59.4 Å². The van der Waals surface area contributed by atoms with E-state index in [1.54, 1.807) is 0 Å². The van der Waals surface area contributed by atoms with E-state index >= 15 is 0 Å². The molecule has 4 aromatic carbocycles. The number of aryl methyl sites for hydroxylation is 2. The van der Waals surface area contributed by atoms with E-state index in [1.165, 1.54) is 44.5 Å². The van der Waals surface area contributed by atoms with E-state index in [0.717, 1.165) is 12.8 Å². The Kier molecular flexibility index (Phi) is 8.59. The van der Waals surface area contributed by atoms with Crippen molar-refractivity contribution in [1.29, 1.82) is 0 Å². The molecule has 0 spiro atoms. The van der Waals surface area contributed by atoms with Crippen LogP contribution < -0.4 is 0 Å². The van der Waals surface area contributed by atoms with Gasteiger partial charge in [0.05, 0.1) is 0 Å². The van der Waals surface area contributed by atoms with Crippen LogP contribution in [0.3, 0.4) is 0 Å². The van der Waals surface area contributed by atoms with Crippen molar-refractivity contribution in [3.8, 4) is 22.3 Å². The molecule has 0 radical (unpaired) electrons. The van der Waals surface area contributed by atoms with Crippen molar-refractivity contribution in [3.63, 3.8) is 0 Å². The summed E-state index contributed by atoms with van der Waals surface area (Å²) in [7, 11) is 4.08. The molecule has 0 aliphatic heterocycles. The molecule has 4 aromatic rings. The number of hydrogen-bond donors (Lipinski definition) is 0. The standard InChI is InChI=1S/C32H34S2/c1-5-31(29-21-13-11-19-27(29)25-17-9-7-15-23(25)3)33-34-32(6-2)30-22-14-12-20-28(30)26-18-10-8-16-24(26)4/h7-22,31-32H,5-6H2,1-4H3/t31-,32-/m1/s1. The fourth-order valence-electron chi connectivity index (χ4n) is 4.61. The minimum Gasteiger partial charge on any atom is -0.0853 e. The summed E-state index contributed by atoms with van der Waals surface area (Å²) < 4.78 is 0. The highest BCUT2D eigenvalue weighted by molar-refractivity contribution is 8.76. The Morgan fingerprint density at radius 2 is 0.794 bits per heavy atom. The quantitative estimate of drug-likeness (QED) is 0.218. The lowest BCUT2D eigenvalue weighted by Gasteiger charge is -2.24. The van der Waals surface area contributed by atoms with Gasteiger partial charge in [-0.2, -0.15) is 0 Å². The van der Waals surface area contributed by atoms with Gasteiger partial charge in [0.25, 0.3) is 0 Å². The normalized spacial score (nSPS) is 12.9. The molecule has 0 saturated heterocycles. The predicted molar refractivity (Wildman–Crippen MR) is 154 cm³/mol. The fourth-order valence-corrected chi connectivity index (χ4v) is 8.01. The van der Waals surface area contributed by atoms with Gasteiger partial charge in [-0.05, 0) is 71.2 Å². The van der Waals surface area contributed by atoms with Crippen LogP contribution in [-0.4, -0.2) is 0 Å². The molecule has 4 rings (SSSR count). The average Bonchev–Trinajstić information content (AvgIpc) is 2.88. The SMILES string of the molecule is CC[C@@H](SS[C@H](CC)c1ccccc1-c1ccccc1C)c1ccccc1-c1ccccc1C. The summed E-state index contributed by atoms with van der Waals surface area (Å²) in [6.45, 7) is 9.05. The molecule has 0 bridgehead atoms. The van der Waals surface area contributed by atoms with Gasteiger partial charge >= 0.3 is 0 Å². The highest BCUT2D eigenvalue weighted by atomic mass is 33.1. The van der Waals surface area contributed by atoms with Crippen LogP contribution in [0.5, 0.6) is 0 Å². The predicted octanol–water partition coefficient (Wildman–Crippen LogP) is 10.6. The maximum Gasteiger partial charge on any atom is 0.0404 e. The molecule has 2 atom stereocenters. The molecule has 0 saturated carbocycles. The first-order chi connectivity index (χ1) is 16.6. The Labute approximate surface area is 213 Å². The van der Waals surface area contributed by atoms with Gasteiger partial charge in [0.1, 0.15) is 0 Å². The van der Waals surface area contributed by atoms with E-state index in [4.69, 9.17) is 0 Å². The summed E-state index contributed by atoms with van der Waals surface area (Å²) in [5, 5.41) is 0.890. The van der Waals surface area contributed by atoms with Crippen molar-refractivity contribution < 1.29 is 0 Å². The number of rotatable bonds is 9. The molecule has 34 heavy (non-hydrogen) atoms. The molecule has 0 amide bonds. The zero-order valence-corrected chi connectivity index (χ0v) is 22.3. The van der Waals surface area contributed by atoms with Gasteiger partial charge in [0, 0.05) is 10.5 Å². The van der Waals surface area contributed by atoms with Crippen LogP contribution in [0.25, 0.3) is 22.3 Å². The van der Waals surface area contributed by atoms with E-state index in [-0.39, 0.29) is 0 Å². The summed E-state index contributed by atoms with van der Waals surface area (Å²) in [5.41, 5.74) is 11.0. The molecule has 0 aromatic heterocycles. The average molecular weight is 483 g/mol. The van der Waals surface area contributed by atoms with E-state index in [9.17, 15) is 0 Å². The van der Waals surface area contributed by atoms with Crippen LogP contribution in [0.15, 0.2) is 97.1 Å². The Balaban J connectivity index is 1.62. The molecule has 0 nitrogen and oxygen atoms in total. The maximum atomic E-state index is 2.33. The molecule has 0 unspecified atom stereocenters. The fraction of sp³-hybridized carbons (Fsp3) is 0.250. The monoisotopic (exact) mass is 482 g/mol. The molecule has 0 aliphatic carbocycles. The van der Waals surface area contributed by atoms with Crippen molar-refractivity contribution in [2.45, 2.75) is 51.0 Å². The molecular formula is C32H34S2. The Morgan fingerprint density at radius 1 is 0.471 bits per heavy atom. The van der Waals surface area contributed by atoms with Gasteiger partial charge in [0.2, 0.25) is 0 Å². The van der Waals surface area contributed by atoms with Gasteiger partial charge < -0.3 is 0 Å². The lowest BCUT2D eigenvalue weighted by molar-refractivity contribution is 0.895. The van der Waals surface area contributed by atoms with E-state index in [1.807, 2.05) is 21.6 Å². The van der Waals surface area contributed by atoms with E-state index in [2.05, 4.69) is 125 Å². The van der Waals surface area contributed by atoms with Crippen LogP contribution in [0.2, 0.25) is 0 Å². The second-order valence-electron chi connectivity index (χ2n) is 8.79. The van der Waals surface area contributed by atoms with Crippen LogP contribution >= 0.6 is 21.6 Å². The summed E-state index contributed by atoms with van der Waals surface area (Å²) in [6.07, 6.45) is 2.22. The first-order valence-electron chi connectivity index (χ1n) is 12.3. The maximum absolute atomic E-state index is 2.33. The van der Waals surface area contributed by atoms with Crippen LogP contribution in [-0.2, 0) is 0 Å². The van der Waals surface area contributed by atoms with E-state index < -0.39 is 0 Å². The zero-order valence-electron chi connectivity index (χ0n) is 20.6. The molecule has 0 heterocycles. The molecular weight excluding hydrogens is 448 g/mol. The van der Waals surface area contributed by atoms with Gasteiger partial charge in [-0.3, -0.25) is 0 Å². The smallest absolute Gasteiger partial charge is 0.0404 e. The minimum atomic E-state index is 0.445. The second-order valence-corrected chi connectivity index (χ2v) is 11.5. The molecule has 0 fully saturated rings. The largest absolute Gasteiger partial charge is 0.0853 e. The first kappa shape index (κ1) is 24.7. The first-order valence-corrected chi connectivity index (χ1v) is 14.5. The minimum absolute atomic E-state index is 0.445. The topological polar surface area (TPSA) is 0 Å². The van der Waals surface area contributed by atoms with Gasteiger partial charge in [0.15, 0.2) is 0 Å². The summed E-state index contributed by atoms with van der Waals surface area (Å²) in [5.74, 6) is 0. The molecule has 0 aliphatic rings. The Morgan fingerprint density at radius 3 is 1.15 bits per heavy atom. The van der Waals surface area contributed by atoms with Crippen molar-refractivity contribution in [1.82, 2.24) is 0 Å². The van der Waals surface area contributed by atoms with Gasteiger partial charge in [-0.1, -0.05) is 132 Å². The van der Waals surface area contributed by atoms with Gasteiger partial charge in [-0.15, -0.1) is 0 Å². The third-order valence-corrected chi connectivity index (χ3v) is 9.99. The van der Waals surface area contributed by atoms with Crippen molar-refractivity contribution in [2.24, 2.45) is 0 Å². The highest BCUT2D eigenvalue weighted by Gasteiger charge is 2.21. The van der Waals surface area contributed by atoms with Crippen LogP contribution in [0.4, 0.5) is 0 Å². The molecule has 0 N–H and O–H groups in total. The Bertz CT molecular complexity index is 1130. The molecule has 174 valence electrons. The Hall–Kier alpha value is -2.42. The summed E-state index contributed by atoms with van der Waals surface area (Å²) in [6, 6.07) is 35.4. The zero-order chi connectivity index (χ0) is 23.9. The van der Waals surface area contributed by atoms with E-state index in [0.29, 0.717) is 10.5 Å². The lowest BCUT2D eigenvalue weighted by Crippen LogP contribution is -1.99.